The number of aromatic nitrogens is 2. The maximum atomic E-state index is 13.9. The predicted octanol–water partition coefficient (Wildman–Crippen LogP) is 3.16. The van der Waals surface area contributed by atoms with Crippen LogP contribution in [0.2, 0.25) is 5.02 Å². The van der Waals surface area contributed by atoms with E-state index in [1.165, 1.54) is 6.07 Å². The van der Waals surface area contributed by atoms with Gasteiger partial charge in [0.15, 0.2) is 0 Å². The van der Waals surface area contributed by atoms with E-state index in [1.807, 2.05) is 6.92 Å². The van der Waals surface area contributed by atoms with Crippen LogP contribution in [0.5, 0.6) is 0 Å². The summed E-state index contributed by atoms with van der Waals surface area (Å²) in [7, 11) is 3.48. The van der Waals surface area contributed by atoms with Crippen molar-refractivity contribution in [1.29, 1.82) is 0 Å². The number of nitrogens with one attached hydrogen (secondary N) is 1. The van der Waals surface area contributed by atoms with E-state index in [4.69, 9.17) is 11.6 Å². The number of benzene rings is 1. The van der Waals surface area contributed by atoms with Gasteiger partial charge in [-0.2, -0.15) is 5.10 Å². The number of hydrogen-bond donors (Lipinski definition) is 1. The highest BCUT2D eigenvalue weighted by Crippen LogP contribution is 2.27. The molecule has 0 bridgehead atoms. The Morgan fingerprint density at radius 2 is 2.10 bits per heavy atom. The molecular weight excluding hydrogens is 284 g/mol. The first kappa shape index (κ1) is 14.9. The number of halogens is 3. The van der Waals surface area contributed by atoms with E-state index in [0.29, 0.717) is 11.4 Å². The van der Waals surface area contributed by atoms with E-state index in [9.17, 15) is 8.78 Å². The summed E-state index contributed by atoms with van der Waals surface area (Å²) in [5, 5.41) is 7.77. The highest BCUT2D eigenvalue weighted by atomic mass is 35.5. The zero-order valence-electron chi connectivity index (χ0n) is 11.5. The Morgan fingerprint density at radius 1 is 1.40 bits per heavy atom. The maximum absolute atomic E-state index is 13.9. The highest BCUT2D eigenvalue weighted by molar-refractivity contribution is 6.31. The van der Waals surface area contributed by atoms with Crippen molar-refractivity contribution in [2.75, 3.05) is 7.05 Å². The minimum Gasteiger partial charge on any atom is -0.313 e. The molecule has 0 aliphatic heterocycles. The second kappa shape index (κ2) is 5.89. The number of aryl methyl sites for hydroxylation is 2. The molecule has 0 spiro atoms. The summed E-state index contributed by atoms with van der Waals surface area (Å²) >= 11 is 6.19. The summed E-state index contributed by atoms with van der Waals surface area (Å²) in [6.07, 6.45) is 0.424. The van der Waals surface area contributed by atoms with Crippen molar-refractivity contribution in [3.63, 3.8) is 0 Å². The fourth-order valence-electron chi connectivity index (χ4n) is 2.24. The molecule has 0 fully saturated rings. The summed E-state index contributed by atoms with van der Waals surface area (Å²) in [4.78, 5) is 0. The standard InChI is InChI=1S/C14H16ClF2N3/c1-8-14(15)13(20(3)19-8)7-12(18-2)10-6-9(16)4-5-11(10)17/h4-6,12,18H,7H2,1-3H3. The van der Waals surface area contributed by atoms with E-state index in [-0.39, 0.29) is 11.6 Å². The minimum absolute atomic E-state index is 0.280. The fraction of sp³-hybridized carbons (Fsp3) is 0.357. The van der Waals surface area contributed by atoms with Gasteiger partial charge in [-0.3, -0.25) is 4.68 Å². The quantitative estimate of drug-likeness (QED) is 0.940. The van der Waals surface area contributed by atoms with E-state index in [1.54, 1.807) is 18.8 Å². The third kappa shape index (κ3) is 2.83. The van der Waals surface area contributed by atoms with Gasteiger partial charge >= 0.3 is 0 Å². The van der Waals surface area contributed by atoms with E-state index >= 15 is 0 Å². The van der Waals surface area contributed by atoms with E-state index in [2.05, 4.69) is 10.4 Å². The molecule has 0 aliphatic carbocycles. The van der Waals surface area contributed by atoms with Gasteiger partial charge in [-0.05, 0) is 32.2 Å². The van der Waals surface area contributed by atoms with Crippen molar-refractivity contribution in [3.8, 4) is 0 Å². The van der Waals surface area contributed by atoms with Crippen LogP contribution in [0.15, 0.2) is 18.2 Å². The molecule has 0 amide bonds. The van der Waals surface area contributed by atoms with Crippen molar-refractivity contribution in [2.45, 2.75) is 19.4 Å². The Morgan fingerprint density at radius 3 is 2.65 bits per heavy atom. The average molecular weight is 300 g/mol. The van der Waals surface area contributed by atoms with Gasteiger partial charge in [0, 0.05) is 25.1 Å². The van der Waals surface area contributed by atoms with Crippen LogP contribution in [0.25, 0.3) is 0 Å². The molecule has 1 heterocycles. The van der Waals surface area contributed by atoms with Gasteiger partial charge in [-0.25, -0.2) is 8.78 Å². The molecule has 0 aliphatic rings. The SMILES string of the molecule is CNC(Cc1c(Cl)c(C)nn1C)c1cc(F)ccc1F. The molecule has 2 rings (SSSR count). The number of nitrogens with zero attached hydrogens (tertiary/aromatic N) is 2. The van der Waals surface area contributed by atoms with Gasteiger partial charge in [0.25, 0.3) is 0 Å². The lowest BCUT2D eigenvalue weighted by Crippen LogP contribution is -2.21. The minimum atomic E-state index is -0.464. The van der Waals surface area contributed by atoms with Gasteiger partial charge in [0.2, 0.25) is 0 Å². The van der Waals surface area contributed by atoms with Crippen LogP contribution in [0, 0.1) is 18.6 Å². The molecule has 0 saturated carbocycles. The Kier molecular flexibility index (Phi) is 4.40. The normalized spacial score (nSPS) is 12.7. The Bertz CT molecular complexity index is 625. The number of rotatable bonds is 4. The smallest absolute Gasteiger partial charge is 0.128 e. The molecule has 2 aromatic rings. The Labute approximate surface area is 121 Å². The van der Waals surface area contributed by atoms with Gasteiger partial charge in [0.05, 0.1) is 16.4 Å². The summed E-state index contributed by atoms with van der Waals surface area (Å²) in [6.45, 7) is 1.81. The van der Waals surface area contributed by atoms with Gasteiger partial charge in [-0.1, -0.05) is 11.6 Å². The van der Waals surface area contributed by atoms with Crippen LogP contribution in [-0.4, -0.2) is 16.8 Å². The van der Waals surface area contributed by atoms with Crippen LogP contribution >= 0.6 is 11.6 Å². The zero-order chi connectivity index (χ0) is 14.9. The second-order valence-electron chi connectivity index (χ2n) is 4.68. The maximum Gasteiger partial charge on any atom is 0.128 e. The third-order valence-corrected chi connectivity index (χ3v) is 3.83. The largest absolute Gasteiger partial charge is 0.313 e. The molecule has 20 heavy (non-hydrogen) atoms. The zero-order valence-corrected chi connectivity index (χ0v) is 12.3. The molecule has 6 heteroatoms. The lowest BCUT2D eigenvalue weighted by molar-refractivity contribution is 0.511. The predicted molar refractivity (Wildman–Crippen MR) is 74.8 cm³/mol. The summed E-state index contributed by atoms with van der Waals surface area (Å²) in [5.41, 5.74) is 1.79. The number of hydrogen-bond acceptors (Lipinski definition) is 2. The first-order chi connectivity index (χ1) is 9.43. The van der Waals surface area contributed by atoms with E-state index in [0.717, 1.165) is 23.5 Å². The molecule has 1 atom stereocenters. The molecule has 1 N–H and O–H groups in total. The molecule has 0 saturated heterocycles. The summed E-state index contributed by atoms with van der Waals surface area (Å²) < 4.78 is 28.8. The Balaban J connectivity index is 2.36. The Hall–Kier alpha value is -1.46. The molecule has 0 radical (unpaired) electrons. The second-order valence-corrected chi connectivity index (χ2v) is 5.06. The molecular formula is C14H16ClF2N3. The topological polar surface area (TPSA) is 29.9 Å². The molecule has 1 unspecified atom stereocenters. The molecule has 1 aromatic carbocycles. The third-order valence-electron chi connectivity index (χ3n) is 3.34. The van der Waals surface area contributed by atoms with Crippen LogP contribution in [0.3, 0.4) is 0 Å². The van der Waals surface area contributed by atoms with Crippen molar-refractivity contribution >= 4 is 11.6 Å². The fourth-order valence-corrected chi connectivity index (χ4v) is 2.48. The van der Waals surface area contributed by atoms with Gasteiger partial charge < -0.3 is 5.32 Å². The van der Waals surface area contributed by atoms with Crippen molar-refractivity contribution in [2.24, 2.45) is 7.05 Å². The van der Waals surface area contributed by atoms with E-state index < -0.39 is 11.6 Å². The van der Waals surface area contributed by atoms with Crippen LogP contribution in [0.1, 0.15) is 23.0 Å². The van der Waals surface area contributed by atoms with Crippen LogP contribution < -0.4 is 5.32 Å². The van der Waals surface area contributed by atoms with Crippen LogP contribution in [-0.2, 0) is 13.5 Å². The van der Waals surface area contributed by atoms with Crippen molar-refractivity contribution < 1.29 is 8.78 Å². The van der Waals surface area contributed by atoms with Crippen LogP contribution in [0.4, 0.5) is 8.78 Å². The monoisotopic (exact) mass is 299 g/mol. The van der Waals surface area contributed by atoms with Gasteiger partial charge in [-0.15, -0.1) is 0 Å². The lowest BCUT2D eigenvalue weighted by Gasteiger charge is -2.18. The summed E-state index contributed by atoms with van der Waals surface area (Å²) in [6, 6.07) is 3.06. The highest BCUT2D eigenvalue weighted by Gasteiger charge is 2.20. The molecule has 1 aromatic heterocycles. The van der Waals surface area contributed by atoms with Gasteiger partial charge in [0.1, 0.15) is 11.6 Å². The molecule has 3 nitrogen and oxygen atoms in total. The first-order valence-corrected chi connectivity index (χ1v) is 6.62. The lowest BCUT2D eigenvalue weighted by atomic mass is 10.0. The number of likely N-dealkylation sites (N-methyl/N-ethyl adjacent to an activating group) is 1. The molecule has 108 valence electrons. The first-order valence-electron chi connectivity index (χ1n) is 6.24. The summed E-state index contributed by atoms with van der Waals surface area (Å²) in [5.74, 6) is -0.908. The average Bonchev–Trinajstić information content (AvgIpc) is 2.65. The van der Waals surface area contributed by atoms with Crippen molar-refractivity contribution in [1.82, 2.24) is 15.1 Å². The van der Waals surface area contributed by atoms with Crippen molar-refractivity contribution in [3.05, 3.63) is 51.8 Å².